The molecule has 3 amide bonds. The molecule has 0 unspecified atom stereocenters. The molecule has 1 aliphatic rings. The van der Waals surface area contributed by atoms with Crippen LogP contribution in [0.1, 0.15) is 42.0 Å². The van der Waals surface area contributed by atoms with E-state index in [9.17, 15) is 18.4 Å². The van der Waals surface area contributed by atoms with Crippen LogP contribution >= 0.6 is 12.0 Å². The van der Waals surface area contributed by atoms with E-state index in [1.54, 1.807) is 31.3 Å². The zero-order chi connectivity index (χ0) is 25.8. The Bertz CT molecular complexity index is 1210. The minimum Gasteiger partial charge on any atom is -0.322 e. The van der Waals surface area contributed by atoms with Gasteiger partial charge < -0.3 is 4.90 Å². The second kappa shape index (κ2) is 11.2. The molecule has 1 heterocycles. The Kier molecular flexibility index (Phi) is 8.03. The average Bonchev–Trinajstić information content (AvgIpc) is 3.10. The standard InChI is InChI=1S/C27H26F2N2O4S/c1-17-26(19-7-5-4-6-8-19)31(27(33)30(17)2)25(32)16-24(20-13-21(28)15-22(29)14-20)18-9-11-23(12-10-18)36-35-34-3/h4-15,17,24,26H,16H2,1-3H3/t17-,24+,26-/m0/s1. The molecule has 3 aromatic rings. The number of amides is 3. The summed E-state index contributed by atoms with van der Waals surface area (Å²) in [5.41, 5.74) is 1.81. The van der Waals surface area contributed by atoms with Gasteiger partial charge in [0, 0.05) is 30.3 Å². The van der Waals surface area contributed by atoms with E-state index in [0.717, 1.165) is 28.6 Å². The molecule has 9 heteroatoms. The van der Waals surface area contributed by atoms with Crippen LogP contribution in [-0.4, -0.2) is 41.9 Å². The van der Waals surface area contributed by atoms with E-state index in [-0.39, 0.29) is 12.5 Å². The Morgan fingerprint density at radius 1 is 1.00 bits per heavy atom. The van der Waals surface area contributed by atoms with Crippen molar-refractivity contribution in [3.8, 4) is 0 Å². The van der Waals surface area contributed by atoms with Crippen molar-refractivity contribution < 1.29 is 27.6 Å². The highest BCUT2D eigenvalue weighted by Gasteiger charge is 2.45. The number of nitrogens with zero attached hydrogens (tertiary/aromatic N) is 2. The number of imide groups is 1. The summed E-state index contributed by atoms with van der Waals surface area (Å²) in [6, 6.07) is 18.5. The van der Waals surface area contributed by atoms with Crippen LogP contribution in [0.2, 0.25) is 0 Å². The third kappa shape index (κ3) is 5.43. The highest BCUT2D eigenvalue weighted by molar-refractivity contribution is 7.94. The first-order valence-corrected chi connectivity index (χ1v) is 12.1. The van der Waals surface area contributed by atoms with Crippen molar-refractivity contribution in [2.75, 3.05) is 14.2 Å². The summed E-state index contributed by atoms with van der Waals surface area (Å²) >= 11 is 1.01. The fourth-order valence-electron chi connectivity index (χ4n) is 4.54. The molecule has 0 N–H and O–H groups in total. The van der Waals surface area contributed by atoms with Crippen molar-refractivity contribution >= 4 is 24.0 Å². The van der Waals surface area contributed by atoms with Crippen LogP contribution in [-0.2, 0) is 14.0 Å². The van der Waals surface area contributed by atoms with E-state index in [1.165, 1.54) is 29.0 Å². The van der Waals surface area contributed by atoms with Gasteiger partial charge >= 0.3 is 6.03 Å². The maximum absolute atomic E-state index is 14.2. The van der Waals surface area contributed by atoms with E-state index in [4.69, 9.17) is 4.33 Å². The summed E-state index contributed by atoms with van der Waals surface area (Å²) in [5, 5.41) is 0. The van der Waals surface area contributed by atoms with Crippen LogP contribution < -0.4 is 0 Å². The lowest BCUT2D eigenvalue weighted by Crippen LogP contribution is -2.37. The molecule has 3 atom stereocenters. The number of halogens is 2. The lowest BCUT2D eigenvalue weighted by Gasteiger charge is -2.26. The van der Waals surface area contributed by atoms with Gasteiger partial charge in [-0.05, 0) is 47.9 Å². The second-order valence-corrected chi connectivity index (χ2v) is 9.37. The van der Waals surface area contributed by atoms with Crippen LogP contribution in [0.25, 0.3) is 0 Å². The number of rotatable bonds is 8. The molecule has 36 heavy (non-hydrogen) atoms. The number of likely N-dealkylation sites (N-methyl/N-ethyl adjacent to an activating group) is 1. The predicted molar refractivity (Wildman–Crippen MR) is 132 cm³/mol. The number of carbonyl (C=O) groups excluding carboxylic acids is 2. The minimum atomic E-state index is -0.740. The number of benzene rings is 3. The Labute approximate surface area is 212 Å². The number of urea groups is 1. The van der Waals surface area contributed by atoms with Crippen molar-refractivity contribution in [3.63, 3.8) is 0 Å². The van der Waals surface area contributed by atoms with Gasteiger partial charge in [-0.15, -0.1) is 0 Å². The van der Waals surface area contributed by atoms with Gasteiger partial charge in [-0.1, -0.05) is 42.5 Å². The van der Waals surface area contributed by atoms with Crippen LogP contribution in [0.15, 0.2) is 77.7 Å². The molecule has 0 saturated carbocycles. The maximum Gasteiger partial charge on any atom is 0.327 e. The van der Waals surface area contributed by atoms with Crippen molar-refractivity contribution in [2.24, 2.45) is 0 Å². The summed E-state index contributed by atoms with van der Waals surface area (Å²) in [7, 11) is 3.05. The van der Waals surface area contributed by atoms with Gasteiger partial charge in [0.15, 0.2) is 0 Å². The van der Waals surface area contributed by atoms with Crippen LogP contribution in [0, 0.1) is 11.6 Å². The van der Waals surface area contributed by atoms with Crippen LogP contribution in [0.3, 0.4) is 0 Å². The van der Waals surface area contributed by atoms with Crippen molar-refractivity contribution in [1.29, 1.82) is 0 Å². The molecule has 0 aliphatic carbocycles. The van der Waals surface area contributed by atoms with Crippen molar-refractivity contribution in [1.82, 2.24) is 9.80 Å². The molecule has 3 aromatic carbocycles. The smallest absolute Gasteiger partial charge is 0.322 e. The molecule has 1 saturated heterocycles. The minimum absolute atomic E-state index is 0.153. The zero-order valence-electron chi connectivity index (χ0n) is 20.1. The van der Waals surface area contributed by atoms with Crippen LogP contribution in [0.4, 0.5) is 13.6 Å². The predicted octanol–water partition coefficient (Wildman–Crippen LogP) is 6.10. The van der Waals surface area contributed by atoms with Gasteiger partial charge in [-0.2, -0.15) is 4.33 Å². The first-order valence-electron chi connectivity index (χ1n) is 11.4. The molecule has 4 rings (SSSR count). The monoisotopic (exact) mass is 512 g/mol. The molecule has 1 fully saturated rings. The fourth-order valence-corrected chi connectivity index (χ4v) is 4.93. The molecule has 6 nitrogen and oxygen atoms in total. The van der Waals surface area contributed by atoms with E-state index < -0.39 is 35.5 Å². The van der Waals surface area contributed by atoms with Gasteiger partial charge in [0.25, 0.3) is 0 Å². The molecule has 1 aliphatic heterocycles. The quantitative estimate of drug-likeness (QED) is 0.208. The lowest BCUT2D eigenvalue weighted by atomic mass is 9.87. The highest BCUT2D eigenvalue weighted by Crippen LogP contribution is 2.38. The zero-order valence-corrected chi connectivity index (χ0v) is 20.9. The molecule has 0 radical (unpaired) electrons. The number of hydrogen-bond acceptors (Lipinski definition) is 5. The van der Waals surface area contributed by atoms with E-state index in [1.807, 2.05) is 37.3 Å². The number of carbonyl (C=O) groups is 2. The third-order valence-corrected chi connectivity index (χ3v) is 7.08. The summed E-state index contributed by atoms with van der Waals surface area (Å²) in [6.07, 6.45) is -0.153. The summed E-state index contributed by atoms with van der Waals surface area (Å²) in [6.45, 7) is 1.89. The van der Waals surface area contributed by atoms with E-state index >= 15 is 0 Å². The summed E-state index contributed by atoms with van der Waals surface area (Å²) in [4.78, 5) is 35.0. The Balaban J connectivity index is 1.69. The summed E-state index contributed by atoms with van der Waals surface area (Å²) in [5.74, 6) is -2.59. The van der Waals surface area contributed by atoms with Crippen molar-refractivity contribution in [2.45, 2.75) is 36.2 Å². The molecular formula is C27H26F2N2O4S. The van der Waals surface area contributed by atoms with Gasteiger partial charge in [0.2, 0.25) is 5.91 Å². The van der Waals surface area contributed by atoms with E-state index in [0.29, 0.717) is 11.1 Å². The maximum atomic E-state index is 14.2. The normalized spacial score (nSPS) is 18.5. The topological polar surface area (TPSA) is 59.1 Å². The first-order chi connectivity index (χ1) is 17.3. The Morgan fingerprint density at radius 3 is 2.25 bits per heavy atom. The van der Waals surface area contributed by atoms with Gasteiger partial charge in [0.1, 0.15) is 11.6 Å². The Hall–Kier alpha value is -3.27. The van der Waals surface area contributed by atoms with Gasteiger partial charge in [0.05, 0.1) is 31.2 Å². The van der Waals surface area contributed by atoms with Crippen molar-refractivity contribution in [3.05, 3.63) is 101 Å². The second-order valence-electron chi connectivity index (χ2n) is 8.60. The first kappa shape index (κ1) is 25.8. The molecular weight excluding hydrogens is 486 g/mol. The third-order valence-electron chi connectivity index (χ3n) is 6.41. The molecule has 0 aromatic heterocycles. The average molecular weight is 513 g/mol. The number of hydrogen-bond donors (Lipinski definition) is 0. The lowest BCUT2D eigenvalue weighted by molar-refractivity contribution is -0.160. The largest absolute Gasteiger partial charge is 0.327 e. The van der Waals surface area contributed by atoms with Crippen LogP contribution in [0.5, 0.6) is 0 Å². The fraction of sp³-hybridized carbons (Fsp3) is 0.259. The van der Waals surface area contributed by atoms with E-state index in [2.05, 4.69) is 4.89 Å². The molecule has 188 valence electrons. The SMILES string of the molecule is COOSc1ccc([C@@H](CC(=O)N2C(=O)N(C)[C@@H](C)[C@H]2c2ccccc2)c2cc(F)cc(F)c2)cc1. The molecule has 0 spiro atoms. The summed E-state index contributed by atoms with van der Waals surface area (Å²) < 4.78 is 33.2. The Morgan fingerprint density at radius 2 is 1.64 bits per heavy atom. The van der Waals surface area contributed by atoms with Gasteiger partial charge in [-0.3, -0.25) is 9.69 Å². The highest BCUT2D eigenvalue weighted by atomic mass is 32.2. The molecule has 0 bridgehead atoms. The van der Waals surface area contributed by atoms with Gasteiger partial charge in [-0.25, -0.2) is 18.5 Å².